The van der Waals surface area contributed by atoms with Crippen molar-refractivity contribution in [3.63, 3.8) is 0 Å². The summed E-state index contributed by atoms with van der Waals surface area (Å²) in [4.78, 5) is 34.1. The highest BCUT2D eigenvalue weighted by atomic mass is 16.2. The highest BCUT2D eigenvalue weighted by Crippen LogP contribution is 2.05. The van der Waals surface area contributed by atoms with Gasteiger partial charge in [-0.15, -0.1) is 0 Å². The average Bonchev–Trinajstić information content (AvgIpc) is 2.84. The summed E-state index contributed by atoms with van der Waals surface area (Å²) in [6.45, 7) is 0.304. The van der Waals surface area contributed by atoms with Crippen molar-refractivity contribution in [1.82, 2.24) is 10.2 Å². The van der Waals surface area contributed by atoms with Gasteiger partial charge in [-0.3, -0.25) is 54.3 Å². The van der Waals surface area contributed by atoms with Crippen LogP contribution in [-0.4, -0.2) is 36.2 Å². The number of nitrogens with one attached hydrogen (secondary N) is 1. The van der Waals surface area contributed by atoms with Crippen LogP contribution in [0.4, 0.5) is 0 Å². The molecule has 13 N–H and O–H groups in total. The molecule has 0 radical (unpaired) electrons. The molecule has 0 bridgehead atoms. The number of hydrazine groups is 3. The number of nitrogens with zero attached hydrogens (tertiary/aromatic N) is 1. The fraction of sp³-hybridized carbons (Fsp3) is 0.444. The molecule has 1 heterocycles. The standard InChI is InChI=1S/C9H12N2O3.3H4N2/c1-10-7(12)3-2-6-11-8(13)4-5-9(11)14;3*1-2/h4-5H,2-3,6H2,1H3,(H,10,12);3*1-2H2. The number of amides is 3. The molecule has 3 amide bonds. The van der Waals surface area contributed by atoms with Crippen molar-refractivity contribution in [3.8, 4) is 0 Å². The summed E-state index contributed by atoms with van der Waals surface area (Å²) >= 11 is 0. The largest absolute Gasteiger partial charge is 0.359 e. The monoisotopic (exact) mass is 292 g/mol. The summed E-state index contributed by atoms with van der Waals surface area (Å²) in [7, 11) is 1.55. The number of imide groups is 1. The second kappa shape index (κ2) is 17.1. The Morgan fingerprint density at radius 2 is 1.45 bits per heavy atom. The van der Waals surface area contributed by atoms with Gasteiger partial charge in [0.05, 0.1) is 0 Å². The van der Waals surface area contributed by atoms with E-state index in [1.165, 1.54) is 12.2 Å². The molecule has 0 atom stereocenters. The van der Waals surface area contributed by atoms with Gasteiger partial charge in [0.1, 0.15) is 0 Å². The number of hydrogen-bond acceptors (Lipinski definition) is 9. The van der Waals surface area contributed by atoms with E-state index in [1.807, 2.05) is 0 Å². The highest BCUT2D eigenvalue weighted by molar-refractivity contribution is 6.12. The summed E-state index contributed by atoms with van der Waals surface area (Å²) in [5.74, 6) is 23.3. The molecule has 0 aromatic carbocycles. The van der Waals surface area contributed by atoms with Crippen molar-refractivity contribution >= 4 is 17.7 Å². The minimum Gasteiger partial charge on any atom is -0.359 e. The van der Waals surface area contributed by atoms with E-state index in [4.69, 9.17) is 0 Å². The van der Waals surface area contributed by atoms with E-state index < -0.39 is 0 Å². The molecular weight excluding hydrogens is 268 g/mol. The zero-order valence-electron chi connectivity index (χ0n) is 11.4. The number of rotatable bonds is 4. The first-order chi connectivity index (χ1) is 9.65. The Morgan fingerprint density at radius 3 is 1.80 bits per heavy atom. The highest BCUT2D eigenvalue weighted by Gasteiger charge is 2.22. The molecule has 0 saturated carbocycles. The summed E-state index contributed by atoms with van der Waals surface area (Å²) in [5, 5.41) is 2.47. The molecule has 11 nitrogen and oxygen atoms in total. The van der Waals surface area contributed by atoms with Gasteiger partial charge in [0, 0.05) is 32.2 Å². The van der Waals surface area contributed by atoms with Gasteiger partial charge in [0.15, 0.2) is 0 Å². The van der Waals surface area contributed by atoms with Crippen LogP contribution in [-0.2, 0) is 14.4 Å². The second-order valence-corrected chi connectivity index (χ2v) is 2.94. The molecule has 1 aliphatic heterocycles. The van der Waals surface area contributed by atoms with Crippen molar-refractivity contribution in [1.29, 1.82) is 0 Å². The van der Waals surface area contributed by atoms with Crippen molar-refractivity contribution in [2.75, 3.05) is 13.6 Å². The van der Waals surface area contributed by atoms with Gasteiger partial charge in [-0.1, -0.05) is 0 Å². The first-order valence-corrected chi connectivity index (χ1v) is 5.39. The van der Waals surface area contributed by atoms with Crippen LogP contribution in [0.2, 0.25) is 0 Å². The number of nitrogens with two attached hydrogens (primary N) is 6. The van der Waals surface area contributed by atoms with Crippen molar-refractivity contribution in [2.24, 2.45) is 35.1 Å². The molecule has 11 heteroatoms. The topological polar surface area (TPSA) is 223 Å². The van der Waals surface area contributed by atoms with Crippen LogP contribution < -0.4 is 40.4 Å². The maximum absolute atomic E-state index is 11.0. The molecule has 118 valence electrons. The molecule has 1 aliphatic rings. The van der Waals surface area contributed by atoms with E-state index >= 15 is 0 Å². The first kappa shape index (κ1) is 23.2. The van der Waals surface area contributed by atoms with E-state index in [1.54, 1.807) is 7.05 Å². The quantitative estimate of drug-likeness (QED) is 0.151. The summed E-state index contributed by atoms with van der Waals surface area (Å²) in [6, 6.07) is 0. The Kier molecular flexibility index (Phi) is 19.9. The summed E-state index contributed by atoms with van der Waals surface area (Å²) in [6.07, 6.45) is 3.30. The lowest BCUT2D eigenvalue weighted by Crippen LogP contribution is -2.31. The third-order valence-electron chi connectivity index (χ3n) is 1.96. The van der Waals surface area contributed by atoms with Gasteiger partial charge < -0.3 is 5.32 Å². The summed E-state index contributed by atoms with van der Waals surface area (Å²) in [5.41, 5.74) is 0. The fourth-order valence-corrected chi connectivity index (χ4v) is 1.17. The average molecular weight is 292 g/mol. The van der Waals surface area contributed by atoms with Gasteiger partial charge in [-0.2, -0.15) is 0 Å². The normalized spacial score (nSPS) is 11.4. The molecule has 0 aromatic heterocycles. The van der Waals surface area contributed by atoms with Crippen molar-refractivity contribution in [2.45, 2.75) is 12.8 Å². The van der Waals surface area contributed by atoms with Gasteiger partial charge in [0.25, 0.3) is 11.8 Å². The minimum absolute atomic E-state index is 0.0861. The zero-order valence-corrected chi connectivity index (χ0v) is 11.4. The Morgan fingerprint density at radius 1 is 1.05 bits per heavy atom. The van der Waals surface area contributed by atoms with E-state index in [0.29, 0.717) is 19.4 Å². The third kappa shape index (κ3) is 10.1. The SMILES string of the molecule is CNC(=O)CCCN1C(=O)C=CC1=O.NN.NN.NN. The molecule has 1 rings (SSSR count). The summed E-state index contributed by atoms with van der Waals surface area (Å²) < 4.78 is 0. The van der Waals surface area contributed by atoms with E-state index in [9.17, 15) is 14.4 Å². The van der Waals surface area contributed by atoms with Crippen LogP contribution in [0.25, 0.3) is 0 Å². The van der Waals surface area contributed by atoms with Gasteiger partial charge in [-0.05, 0) is 6.42 Å². The Bertz CT molecular complexity index is 290. The van der Waals surface area contributed by atoms with Crippen molar-refractivity contribution in [3.05, 3.63) is 12.2 Å². The third-order valence-corrected chi connectivity index (χ3v) is 1.96. The van der Waals surface area contributed by atoms with Crippen LogP contribution in [0, 0.1) is 0 Å². The number of carbonyl (C=O) groups excluding carboxylic acids is 3. The lowest BCUT2D eigenvalue weighted by Gasteiger charge is -2.12. The van der Waals surface area contributed by atoms with Crippen LogP contribution in [0.1, 0.15) is 12.8 Å². The predicted octanol–water partition coefficient (Wildman–Crippen LogP) is -4.11. The molecular formula is C9H24N8O3. The van der Waals surface area contributed by atoms with Crippen LogP contribution in [0.15, 0.2) is 12.2 Å². The maximum atomic E-state index is 11.0. The lowest BCUT2D eigenvalue weighted by atomic mass is 10.3. The number of hydrogen-bond donors (Lipinski definition) is 7. The smallest absolute Gasteiger partial charge is 0.253 e. The predicted molar refractivity (Wildman–Crippen MR) is 74.3 cm³/mol. The van der Waals surface area contributed by atoms with Crippen LogP contribution in [0.3, 0.4) is 0 Å². The maximum Gasteiger partial charge on any atom is 0.253 e. The lowest BCUT2D eigenvalue weighted by molar-refractivity contribution is -0.137. The van der Waals surface area contributed by atoms with Crippen LogP contribution in [0.5, 0.6) is 0 Å². The number of carbonyl (C=O) groups is 3. The molecule has 20 heavy (non-hydrogen) atoms. The van der Waals surface area contributed by atoms with Gasteiger partial charge >= 0.3 is 0 Å². The van der Waals surface area contributed by atoms with Crippen LogP contribution >= 0.6 is 0 Å². The second-order valence-electron chi connectivity index (χ2n) is 2.94. The van der Waals surface area contributed by atoms with Gasteiger partial charge in [-0.25, -0.2) is 0 Å². The minimum atomic E-state index is -0.299. The Hall–Kier alpha value is -1.89. The van der Waals surface area contributed by atoms with E-state index in [2.05, 4.69) is 40.4 Å². The molecule has 0 unspecified atom stereocenters. The molecule has 0 saturated heterocycles. The molecule has 0 aromatic rings. The fourth-order valence-electron chi connectivity index (χ4n) is 1.17. The molecule has 0 spiro atoms. The van der Waals surface area contributed by atoms with E-state index in [0.717, 1.165) is 4.90 Å². The zero-order chi connectivity index (χ0) is 16.6. The molecule has 0 fully saturated rings. The van der Waals surface area contributed by atoms with Crippen molar-refractivity contribution < 1.29 is 14.4 Å². The Labute approximate surface area is 117 Å². The molecule has 0 aliphatic carbocycles. The Balaban J connectivity index is -0.000000425. The first-order valence-electron chi connectivity index (χ1n) is 5.39. The van der Waals surface area contributed by atoms with Gasteiger partial charge in [0.2, 0.25) is 5.91 Å². The van der Waals surface area contributed by atoms with E-state index in [-0.39, 0.29) is 17.7 Å².